The maximum atomic E-state index is 14.0. The average Bonchev–Trinajstić information content (AvgIpc) is 2.81. The summed E-state index contributed by atoms with van der Waals surface area (Å²) in [5.74, 6) is 1.51. The maximum Gasteiger partial charge on any atom is 0.266 e. The van der Waals surface area contributed by atoms with Crippen molar-refractivity contribution in [1.29, 1.82) is 0 Å². The van der Waals surface area contributed by atoms with E-state index in [9.17, 15) is 9.18 Å². The van der Waals surface area contributed by atoms with E-state index < -0.39 is 6.10 Å². The summed E-state index contributed by atoms with van der Waals surface area (Å²) in [6.45, 7) is 2.41. The van der Waals surface area contributed by atoms with Crippen molar-refractivity contribution in [3.8, 4) is 17.2 Å². The van der Waals surface area contributed by atoms with Crippen LogP contribution in [-0.2, 0) is 11.2 Å². The second kappa shape index (κ2) is 9.30. The Bertz CT molecular complexity index is 1120. The molecule has 1 fully saturated rings. The summed E-state index contributed by atoms with van der Waals surface area (Å²) in [5.41, 5.74) is 2.68. The lowest BCUT2D eigenvalue weighted by molar-refractivity contribution is -0.164. The average molecular weight is 435 g/mol. The number of halogens is 1. The molecular weight excluding hydrogens is 409 g/mol. The highest BCUT2D eigenvalue weighted by Crippen LogP contribution is 2.39. The summed E-state index contributed by atoms with van der Waals surface area (Å²) in [6.07, 6.45) is -0.0714. The highest BCUT2D eigenvalue weighted by Gasteiger charge is 2.50. The van der Waals surface area contributed by atoms with Crippen LogP contribution in [0.4, 0.5) is 4.39 Å². The number of rotatable bonds is 8. The Morgan fingerprint density at radius 2 is 1.69 bits per heavy atom. The third-order valence-corrected chi connectivity index (χ3v) is 5.78. The molecule has 0 spiro atoms. The van der Waals surface area contributed by atoms with Gasteiger partial charge in [-0.1, -0.05) is 36.4 Å². The van der Waals surface area contributed by atoms with Crippen molar-refractivity contribution in [3.05, 3.63) is 89.2 Å². The van der Waals surface area contributed by atoms with Gasteiger partial charge in [-0.15, -0.1) is 0 Å². The second-order valence-corrected chi connectivity index (χ2v) is 7.77. The van der Waals surface area contributed by atoms with Crippen molar-refractivity contribution in [3.63, 3.8) is 0 Å². The normalized spacial score (nSPS) is 17.6. The van der Waals surface area contributed by atoms with E-state index in [1.54, 1.807) is 25.2 Å². The van der Waals surface area contributed by atoms with Gasteiger partial charge in [-0.2, -0.15) is 0 Å². The number of para-hydroxylation sites is 1. The van der Waals surface area contributed by atoms with E-state index in [1.807, 2.05) is 55.5 Å². The highest BCUT2D eigenvalue weighted by atomic mass is 19.1. The smallest absolute Gasteiger partial charge is 0.266 e. The predicted molar refractivity (Wildman–Crippen MR) is 120 cm³/mol. The fourth-order valence-electron chi connectivity index (χ4n) is 4.04. The molecule has 0 saturated carbocycles. The summed E-state index contributed by atoms with van der Waals surface area (Å²) in [7, 11) is 3.18. The third-order valence-electron chi connectivity index (χ3n) is 5.78. The molecule has 1 saturated heterocycles. The van der Waals surface area contributed by atoms with E-state index in [-0.39, 0.29) is 17.8 Å². The Balaban J connectivity index is 1.55. The van der Waals surface area contributed by atoms with Gasteiger partial charge in [-0.05, 0) is 60.4 Å². The monoisotopic (exact) mass is 435 g/mol. The first-order valence-corrected chi connectivity index (χ1v) is 10.5. The van der Waals surface area contributed by atoms with Crippen molar-refractivity contribution >= 4 is 5.91 Å². The molecule has 1 aliphatic rings. The van der Waals surface area contributed by atoms with E-state index in [1.165, 1.54) is 12.1 Å². The first kappa shape index (κ1) is 21.7. The van der Waals surface area contributed by atoms with Gasteiger partial charge in [0.1, 0.15) is 17.6 Å². The molecule has 2 atom stereocenters. The Kier molecular flexibility index (Phi) is 6.30. The lowest BCUT2D eigenvalue weighted by atomic mass is 9.89. The molecule has 1 heterocycles. The van der Waals surface area contributed by atoms with Gasteiger partial charge in [0, 0.05) is 6.54 Å². The number of β-lactam (4-membered cyclic amide) rings is 1. The molecule has 32 heavy (non-hydrogen) atoms. The zero-order chi connectivity index (χ0) is 22.7. The van der Waals surface area contributed by atoms with E-state index in [0.717, 1.165) is 16.7 Å². The molecular formula is C26H26FNO4. The Morgan fingerprint density at radius 1 is 0.906 bits per heavy atom. The molecule has 3 aromatic rings. The first-order chi connectivity index (χ1) is 15.5. The van der Waals surface area contributed by atoms with Gasteiger partial charge in [0.05, 0.1) is 14.2 Å². The van der Waals surface area contributed by atoms with Crippen LogP contribution < -0.4 is 14.2 Å². The zero-order valence-electron chi connectivity index (χ0n) is 18.4. The molecule has 0 N–H and O–H groups in total. The SMILES string of the molecule is COc1ccc(CCN2C(=O)[C@@H](Oc3ccccc3C)[C@H]2c2cccc(F)c2)cc1OC. The maximum absolute atomic E-state index is 14.0. The van der Waals surface area contributed by atoms with Crippen LogP contribution in [0.2, 0.25) is 0 Å². The number of hydrogen-bond donors (Lipinski definition) is 0. The molecule has 0 unspecified atom stereocenters. The Hall–Kier alpha value is -3.54. The number of ether oxygens (including phenoxy) is 3. The van der Waals surface area contributed by atoms with Gasteiger partial charge in [0.2, 0.25) is 6.10 Å². The minimum atomic E-state index is -0.691. The molecule has 166 valence electrons. The van der Waals surface area contributed by atoms with Gasteiger partial charge in [-0.3, -0.25) is 4.79 Å². The highest BCUT2D eigenvalue weighted by molar-refractivity contribution is 5.89. The van der Waals surface area contributed by atoms with Crippen molar-refractivity contribution in [2.24, 2.45) is 0 Å². The van der Waals surface area contributed by atoms with Crippen molar-refractivity contribution in [1.82, 2.24) is 4.90 Å². The van der Waals surface area contributed by atoms with Crippen molar-refractivity contribution in [2.45, 2.75) is 25.5 Å². The topological polar surface area (TPSA) is 48.0 Å². The molecule has 0 aliphatic carbocycles. The molecule has 6 heteroatoms. The molecule has 4 rings (SSSR count). The van der Waals surface area contributed by atoms with Crippen LogP contribution in [0.25, 0.3) is 0 Å². The number of aryl methyl sites for hydroxylation is 1. The van der Waals surface area contributed by atoms with Gasteiger partial charge in [0.15, 0.2) is 11.5 Å². The molecule has 0 aromatic heterocycles. The number of methoxy groups -OCH3 is 2. The molecule has 0 radical (unpaired) electrons. The minimum absolute atomic E-state index is 0.108. The van der Waals surface area contributed by atoms with Crippen LogP contribution in [0.5, 0.6) is 17.2 Å². The fourth-order valence-corrected chi connectivity index (χ4v) is 4.04. The minimum Gasteiger partial charge on any atom is -0.493 e. The van der Waals surface area contributed by atoms with Gasteiger partial charge < -0.3 is 19.1 Å². The number of carbonyl (C=O) groups excluding carboxylic acids is 1. The van der Waals surface area contributed by atoms with Crippen LogP contribution in [0.15, 0.2) is 66.7 Å². The molecule has 3 aromatic carbocycles. The van der Waals surface area contributed by atoms with E-state index in [2.05, 4.69) is 0 Å². The van der Waals surface area contributed by atoms with Crippen LogP contribution in [-0.4, -0.2) is 37.7 Å². The van der Waals surface area contributed by atoms with Crippen LogP contribution in [0.3, 0.4) is 0 Å². The van der Waals surface area contributed by atoms with Gasteiger partial charge >= 0.3 is 0 Å². The van der Waals surface area contributed by atoms with Gasteiger partial charge in [-0.25, -0.2) is 4.39 Å². The van der Waals surface area contributed by atoms with Crippen LogP contribution in [0, 0.1) is 12.7 Å². The number of hydrogen-bond acceptors (Lipinski definition) is 4. The Labute approximate surface area is 187 Å². The fraction of sp³-hybridized carbons (Fsp3) is 0.269. The van der Waals surface area contributed by atoms with Crippen LogP contribution >= 0.6 is 0 Å². The zero-order valence-corrected chi connectivity index (χ0v) is 18.4. The van der Waals surface area contributed by atoms with E-state index >= 15 is 0 Å². The summed E-state index contributed by atoms with van der Waals surface area (Å²) in [6, 6.07) is 19.3. The number of likely N-dealkylation sites (tertiary alicyclic amines) is 1. The van der Waals surface area contributed by atoms with Gasteiger partial charge in [0.25, 0.3) is 5.91 Å². The number of nitrogens with zero attached hydrogens (tertiary/aromatic N) is 1. The summed E-state index contributed by atoms with van der Waals surface area (Å²) < 4.78 is 30.7. The lowest BCUT2D eigenvalue weighted by Crippen LogP contribution is -2.61. The summed E-state index contributed by atoms with van der Waals surface area (Å²) in [4.78, 5) is 14.8. The number of benzene rings is 3. The lowest BCUT2D eigenvalue weighted by Gasteiger charge is -2.47. The first-order valence-electron chi connectivity index (χ1n) is 10.5. The molecule has 0 bridgehead atoms. The number of amides is 1. The molecule has 5 nitrogen and oxygen atoms in total. The second-order valence-electron chi connectivity index (χ2n) is 7.77. The third kappa shape index (κ3) is 4.26. The van der Waals surface area contributed by atoms with E-state index in [4.69, 9.17) is 14.2 Å². The summed E-state index contributed by atoms with van der Waals surface area (Å²) in [5, 5.41) is 0. The Morgan fingerprint density at radius 3 is 2.41 bits per heavy atom. The summed E-state index contributed by atoms with van der Waals surface area (Å²) >= 11 is 0. The predicted octanol–water partition coefficient (Wildman–Crippen LogP) is 4.72. The van der Waals surface area contributed by atoms with E-state index in [0.29, 0.717) is 30.2 Å². The largest absolute Gasteiger partial charge is 0.493 e. The quantitative estimate of drug-likeness (QED) is 0.480. The standard InChI is InChI=1S/C26H26FNO4/c1-17-7-4-5-10-21(17)32-25-24(19-8-6-9-20(27)16-19)28(26(25)29)14-13-18-11-12-22(30-2)23(15-18)31-3/h4-12,15-16,24-25H,13-14H2,1-3H3/t24-,25+/m1/s1. The molecule has 1 aliphatic heterocycles. The van der Waals surface area contributed by atoms with Crippen molar-refractivity contribution < 1.29 is 23.4 Å². The number of carbonyl (C=O) groups is 1. The van der Waals surface area contributed by atoms with Crippen molar-refractivity contribution in [2.75, 3.05) is 20.8 Å². The van der Waals surface area contributed by atoms with Crippen LogP contribution in [0.1, 0.15) is 22.7 Å². The molecule has 1 amide bonds.